The summed E-state index contributed by atoms with van der Waals surface area (Å²) < 4.78 is 21.5. The molecule has 0 aromatic rings. The lowest BCUT2D eigenvalue weighted by molar-refractivity contribution is 0.546. The molecule has 0 amide bonds. The quantitative estimate of drug-likeness (QED) is 0.612. The van der Waals surface area contributed by atoms with Gasteiger partial charge >= 0.3 is 0 Å². The van der Waals surface area contributed by atoms with Crippen LogP contribution in [0.5, 0.6) is 0 Å². The molecule has 0 N–H and O–H groups in total. The number of hydrogen-bond acceptors (Lipinski definition) is 2. The van der Waals surface area contributed by atoms with E-state index in [0.29, 0.717) is 6.42 Å². The standard InChI is InChI=1S/C6H15O2PS/c1-6(2,4-5-9)10(3,7)8/h4-5,9H2,1-3H3. The van der Waals surface area contributed by atoms with E-state index in [9.17, 15) is 8.42 Å². The summed E-state index contributed by atoms with van der Waals surface area (Å²) in [6.07, 6.45) is 2.82. The molecule has 1 unspecified atom stereocenters. The molecule has 4 heteroatoms. The molecule has 0 saturated carbocycles. The maximum Gasteiger partial charge on any atom is 0.152 e. The molecular formula is C6H15O2PS. The Hall–Kier alpha value is 0.380. The smallest absolute Gasteiger partial charge is 0.152 e. The lowest BCUT2D eigenvalue weighted by atomic mass is 10.1. The van der Waals surface area contributed by atoms with Gasteiger partial charge in [-0.05, 0) is 26.4 Å². The molecule has 0 rings (SSSR count). The van der Waals surface area contributed by atoms with Crippen LogP contribution in [0.1, 0.15) is 20.3 Å². The largest absolute Gasteiger partial charge is 0.229 e. The van der Waals surface area contributed by atoms with Crippen LogP contribution in [0.15, 0.2) is 0 Å². The molecule has 0 saturated heterocycles. The summed E-state index contributed by atoms with van der Waals surface area (Å²) in [5, 5.41) is 0. The minimum atomic E-state index is -2.88. The van der Waals surface area contributed by atoms with E-state index in [-0.39, 0.29) is 0 Å². The molecule has 0 aliphatic carbocycles. The van der Waals surface area contributed by atoms with Crippen molar-refractivity contribution in [2.75, 3.05) is 12.4 Å². The van der Waals surface area contributed by atoms with Gasteiger partial charge in [-0.25, -0.2) is 8.42 Å². The van der Waals surface area contributed by atoms with Crippen molar-refractivity contribution in [2.24, 2.45) is 0 Å². The molecular weight excluding hydrogens is 167 g/mol. The van der Waals surface area contributed by atoms with Crippen molar-refractivity contribution in [2.45, 2.75) is 25.0 Å². The van der Waals surface area contributed by atoms with Gasteiger partial charge in [0.05, 0.1) is 4.75 Å². The summed E-state index contributed by atoms with van der Waals surface area (Å²) >= 11 is 0. The van der Waals surface area contributed by atoms with Gasteiger partial charge in [-0.1, -0.05) is 0 Å². The van der Waals surface area contributed by atoms with Crippen molar-refractivity contribution in [3.05, 3.63) is 0 Å². The second-order valence-electron chi connectivity index (χ2n) is 3.07. The Balaban J connectivity index is 4.42. The monoisotopic (exact) mass is 182 g/mol. The van der Waals surface area contributed by atoms with Crippen LogP contribution < -0.4 is 0 Å². The molecule has 2 nitrogen and oxygen atoms in total. The third-order valence-corrected chi connectivity index (χ3v) is 4.25. The zero-order valence-electron chi connectivity index (χ0n) is 6.72. The fourth-order valence-electron chi connectivity index (χ4n) is 0.533. The third kappa shape index (κ3) is 2.55. The molecule has 0 bridgehead atoms. The van der Waals surface area contributed by atoms with E-state index in [2.05, 4.69) is 9.24 Å². The number of rotatable bonds is 3. The van der Waals surface area contributed by atoms with E-state index in [1.165, 1.54) is 6.26 Å². The van der Waals surface area contributed by atoms with Crippen molar-refractivity contribution in [1.29, 1.82) is 0 Å². The van der Waals surface area contributed by atoms with Crippen LogP contribution in [0, 0.1) is 0 Å². The predicted octanol–water partition coefficient (Wildman–Crippen LogP) is 1.07. The van der Waals surface area contributed by atoms with Crippen molar-refractivity contribution < 1.29 is 8.42 Å². The summed E-state index contributed by atoms with van der Waals surface area (Å²) in [6, 6.07) is 0. The van der Waals surface area contributed by atoms with Crippen LogP contribution in [0.25, 0.3) is 0 Å². The lowest BCUT2D eigenvalue weighted by Crippen LogP contribution is -2.31. The van der Waals surface area contributed by atoms with Gasteiger partial charge < -0.3 is 0 Å². The Morgan fingerprint density at radius 1 is 1.40 bits per heavy atom. The molecule has 0 radical (unpaired) electrons. The fraction of sp³-hybridized carbons (Fsp3) is 1.00. The summed E-state index contributed by atoms with van der Waals surface area (Å²) in [5.41, 5.74) is 0. The van der Waals surface area contributed by atoms with Crippen LogP contribution in [-0.2, 0) is 9.84 Å². The van der Waals surface area contributed by atoms with Gasteiger partial charge in [-0.3, -0.25) is 0 Å². The van der Waals surface area contributed by atoms with Gasteiger partial charge in [0.25, 0.3) is 0 Å². The summed E-state index contributed by atoms with van der Waals surface area (Å²) in [7, 11) is -0.343. The molecule has 0 heterocycles. The van der Waals surface area contributed by atoms with Gasteiger partial charge in [0.2, 0.25) is 0 Å². The second-order valence-corrected chi connectivity index (χ2v) is 6.30. The van der Waals surface area contributed by atoms with Gasteiger partial charge in [0.15, 0.2) is 9.84 Å². The zero-order chi connectivity index (χ0) is 8.41. The van der Waals surface area contributed by atoms with Gasteiger partial charge in [0, 0.05) is 6.26 Å². The zero-order valence-corrected chi connectivity index (χ0v) is 8.69. The van der Waals surface area contributed by atoms with Crippen molar-refractivity contribution >= 4 is 19.1 Å². The number of hydrogen-bond donors (Lipinski definition) is 0. The molecule has 0 aromatic carbocycles. The average molecular weight is 182 g/mol. The van der Waals surface area contributed by atoms with Gasteiger partial charge in [-0.2, -0.15) is 0 Å². The predicted molar refractivity (Wildman–Crippen MR) is 48.1 cm³/mol. The van der Waals surface area contributed by atoms with Crippen LogP contribution in [0.4, 0.5) is 0 Å². The van der Waals surface area contributed by atoms with E-state index < -0.39 is 14.6 Å². The topological polar surface area (TPSA) is 34.1 Å². The van der Waals surface area contributed by atoms with E-state index in [0.717, 1.165) is 6.16 Å². The molecule has 0 aromatic heterocycles. The van der Waals surface area contributed by atoms with Crippen molar-refractivity contribution in [3.8, 4) is 0 Å². The molecule has 1 atom stereocenters. The highest BCUT2D eigenvalue weighted by Crippen LogP contribution is 2.20. The third-order valence-electron chi connectivity index (χ3n) is 1.75. The Kier molecular flexibility index (Phi) is 3.31. The molecule has 62 valence electrons. The van der Waals surface area contributed by atoms with Crippen molar-refractivity contribution in [1.82, 2.24) is 0 Å². The highest BCUT2D eigenvalue weighted by Gasteiger charge is 2.28. The Bertz CT molecular complexity index is 194. The van der Waals surface area contributed by atoms with Crippen molar-refractivity contribution in [3.63, 3.8) is 0 Å². The highest BCUT2D eigenvalue weighted by atomic mass is 32.2. The van der Waals surface area contributed by atoms with Gasteiger partial charge in [0.1, 0.15) is 0 Å². The summed E-state index contributed by atoms with van der Waals surface area (Å²) in [6.45, 7) is 3.51. The fourth-order valence-corrected chi connectivity index (χ4v) is 1.95. The van der Waals surface area contributed by atoms with Crippen LogP contribution in [0.3, 0.4) is 0 Å². The maximum atomic E-state index is 11.0. The normalized spacial score (nSPS) is 13.6. The second kappa shape index (κ2) is 3.19. The SMILES string of the molecule is CC(C)(CCP)S(C)(=O)=O. The molecule has 10 heavy (non-hydrogen) atoms. The first-order valence-corrected chi connectivity index (χ1v) is 5.92. The average Bonchev–Trinajstić information content (AvgIpc) is 1.61. The molecule has 0 aliphatic rings. The maximum absolute atomic E-state index is 11.0. The first-order valence-electron chi connectivity index (χ1n) is 3.21. The first kappa shape index (κ1) is 10.4. The highest BCUT2D eigenvalue weighted by molar-refractivity contribution is 7.92. The number of sulfone groups is 1. The molecule has 0 spiro atoms. The first-order chi connectivity index (χ1) is 4.31. The Labute approximate surface area is 65.5 Å². The summed E-state index contributed by atoms with van der Waals surface area (Å²) in [5.74, 6) is 0. The molecule has 0 aliphatic heterocycles. The van der Waals surface area contributed by atoms with E-state index >= 15 is 0 Å². The summed E-state index contributed by atoms with van der Waals surface area (Å²) in [4.78, 5) is 0. The minimum Gasteiger partial charge on any atom is -0.229 e. The molecule has 0 fully saturated rings. The lowest BCUT2D eigenvalue weighted by Gasteiger charge is -2.20. The Morgan fingerprint density at radius 3 is 1.90 bits per heavy atom. The van der Waals surface area contributed by atoms with E-state index in [1.54, 1.807) is 13.8 Å². The van der Waals surface area contributed by atoms with Crippen LogP contribution in [-0.4, -0.2) is 25.6 Å². The van der Waals surface area contributed by atoms with E-state index in [1.807, 2.05) is 0 Å². The van der Waals surface area contributed by atoms with Crippen LogP contribution >= 0.6 is 9.24 Å². The van der Waals surface area contributed by atoms with E-state index in [4.69, 9.17) is 0 Å². The van der Waals surface area contributed by atoms with Gasteiger partial charge in [-0.15, -0.1) is 9.24 Å². The van der Waals surface area contributed by atoms with Crippen LogP contribution in [0.2, 0.25) is 0 Å². The Morgan fingerprint density at radius 2 is 1.80 bits per heavy atom. The minimum absolute atomic E-state index is 0.561.